The molecule has 28 heavy (non-hydrogen) atoms. The Morgan fingerprint density at radius 1 is 1.00 bits per heavy atom. The third-order valence-corrected chi connectivity index (χ3v) is 5.96. The maximum absolute atomic E-state index is 13.0. The standard InChI is InChI=1S/C19H16N2O6S/c22-19(23)13-20(12-14-5-8-17(9-6-14)21(24)25)28(26,27)18-10-7-15-3-1-2-4-16(15)11-18/h1-11H,12-13H2,(H,22,23). The number of sulfonamides is 1. The zero-order valence-electron chi connectivity index (χ0n) is 14.6. The van der Waals surface area contributed by atoms with Crippen LogP contribution in [-0.4, -0.2) is 35.3 Å². The van der Waals surface area contributed by atoms with E-state index >= 15 is 0 Å². The molecular formula is C19H16N2O6S. The van der Waals surface area contributed by atoms with Crippen molar-refractivity contribution in [3.8, 4) is 0 Å². The third-order valence-electron chi connectivity index (χ3n) is 4.18. The number of nitro groups is 1. The predicted octanol–water partition coefficient (Wildman–Crippen LogP) is 3.02. The zero-order valence-corrected chi connectivity index (χ0v) is 15.4. The van der Waals surface area contributed by atoms with Crippen molar-refractivity contribution in [1.82, 2.24) is 4.31 Å². The Labute approximate surface area is 160 Å². The number of non-ortho nitro benzene ring substituents is 1. The molecule has 0 bridgehead atoms. The first-order valence-corrected chi connectivity index (χ1v) is 9.65. The number of rotatable bonds is 7. The first kappa shape index (κ1) is 19.5. The van der Waals surface area contributed by atoms with Gasteiger partial charge in [-0.3, -0.25) is 14.9 Å². The highest BCUT2D eigenvalue weighted by Crippen LogP contribution is 2.23. The Morgan fingerprint density at radius 3 is 2.25 bits per heavy atom. The van der Waals surface area contributed by atoms with E-state index in [-0.39, 0.29) is 17.1 Å². The predicted molar refractivity (Wildman–Crippen MR) is 102 cm³/mol. The van der Waals surface area contributed by atoms with E-state index in [1.54, 1.807) is 18.2 Å². The highest BCUT2D eigenvalue weighted by molar-refractivity contribution is 7.89. The van der Waals surface area contributed by atoms with Crippen LogP contribution in [0.25, 0.3) is 10.8 Å². The Bertz CT molecular complexity index is 1140. The van der Waals surface area contributed by atoms with Gasteiger partial charge in [-0.1, -0.05) is 42.5 Å². The van der Waals surface area contributed by atoms with E-state index in [0.29, 0.717) is 10.9 Å². The van der Waals surface area contributed by atoms with Crippen LogP contribution >= 0.6 is 0 Å². The van der Waals surface area contributed by atoms with Gasteiger partial charge < -0.3 is 5.11 Å². The second kappa shape index (κ2) is 7.75. The summed E-state index contributed by atoms with van der Waals surface area (Å²) in [4.78, 5) is 21.4. The smallest absolute Gasteiger partial charge is 0.318 e. The number of carbonyl (C=O) groups is 1. The van der Waals surface area contributed by atoms with Crippen molar-refractivity contribution in [2.24, 2.45) is 0 Å². The molecule has 0 heterocycles. The van der Waals surface area contributed by atoms with Gasteiger partial charge in [0.05, 0.1) is 9.82 Å². The van der Waals surface area contributed by atoms with Gasteiger partial charge in [0.2, 0.25) is 10.0 Å². The summed E-state index contributed by atoms with van der Waals surface area (Å²) in [5.41, 5.74) is 0.308. The molecule has 3 rings (SSSR count). The van der Waals surface area contributed by atoms with Gasteiger partial charge in [0.1, 0.15) is 6.54 Å². The van der Waals surface area contributed by atoms with E-state index in [1.165, 1.54) is 36.4 Å². The molecule has 1 N–H and O–H groups in total. The van der Waals surface area contributed by atoms with Crippen molar-refractivity contribution in [1.29, 1.82) is 0 Å². The van der Waals surface area contributed by atoms with Crippen molar-refractivity contribution in [3.05, 3.63) is 82.4 Å². The van der Waals surface area contributed by atoms with Gasteiger partial charge in [0, 0.05) is 18.7 Å². The van der Waals surface area contributed by atoms with Crippen LogP contribution in [0, 0.1) is 10.1 Å². The van der Waals surface area contributed by atoms with Crippen molar-refractivity contribution >= 4 is 32.5 Å². The van der Waals surface area contributed by atoms with Gasteiger partial charge in [0.15, 0.2) is 0 Å². The van der Waals surface area contributed by atoms with E-state index in [0.717, 1.165) is 9.69 Å². The van der Waals surface area contributed by atoms with E-state index in [9.17, 15) is 23.3 Å². The molecule has 3 aromatic rings. The van der Waals surface area contributed by atoms with Crippen LogP contribution in [0.2, 0.25) is 0 Å². The molecule has 0 unspecified atom stereocenters. The number of hydrogen-bond acceptors (Lipinski definition) is 5. The first-order valence-electron chi connectivity index (χ1n) is 8.21. The number of carboxylic acid groups (broad SMARTS) is 1. The molecule has 0 aliphatic carbocycles. The lowest BCUT2D eigenvalue weighted by atomic mass is 10.1. The van der Waals surface area contributed by atoms with Crippen LogP contribution in [-0.2, 0) is 21.4 Å². The Hall–Kier alpha value is -3.30. The number of carboxylic acids is 1. The lowest BCUT2D eigenvalue weighted by Gasteiger charge is -2.20. The lowest BCUT2D eigenvalue weighted by molar-refractivity contribution is -0.384. The van der Waals surface area contributed by atoms with Crippen molar-refractivity contribution in [3.63, 3.8) is 0 Å². The minimum atomic E-state index is -4.09. The summed E-state index contributed by atoms with van der Waals surface area (Å²) in [7, 11) is -4.09. The second-order valence-corrected chi connectivity index (χ2v) is 8.04. The summed E-state index contributed by atoms with van der Waals surface area (Å²) >= 11 is 0. The van der Waals surface area contributed by atoms with E-state index in [4.69, 9.17) is 5.11 Å². The molecule has 0 atom stereocenters. The van der Waals surface area contributed by atoms with Crippen LogP contribution in [0.3, 0.4) is 0 Å². The SMILES string of the molecule is O=C(O)CN(Cc1ccc([N+](=O)[O-])cc1)S(=O)(=O)c1ccc2ccccc2c1. The average Bonchev–Trinajstić information content (AvgIpc) is 2.67. The molecule has 144 valence electrons. The summed E-state index contributed by atoms with van der Waals surface area (Å²) in [6.45, 7) is -0.953. The Balaban J connectivity index is 1.96. The van der Waals surface area contributed by atoms with Gasteiger partial charge in [-0.15, -0.1) is 0 Å². The van der Waals surface area contributed by atoms with E-state index in [1.807, 2.05) is 12.1 Å². The Morgan fingerprint density at radius 2 is 1.64 bits per heavy atom. The first-order chi connectivity index (χ1) is 13.3. The molecule has 0 saturated carbocycles. The number of fused-ring (bicyclic) bond motifs is 1. The van der Waals surface area contributed by atoms with E-state index in [2.05, 4.69) is 0 Å². The molecule has 0 spiro atoms. The fourth-order valence-corrected chi connectivity index (χ4v) is 4.19. The molecule has 0 aromatic heterocycles. The number of benzene rings is 3. The summed E-state index contributed by atoms with van der Waals surface area (Å²) in [6.07, 6.45) is 0. The van der Waals surface area contributed by atoms with Gasteiger partial charge in [-0.25, -0.2) is 8.42 Å². The topological polar surface area (TPSA) is 118 Å². The molecule has 0 amide bonds. The minimum Gasteiger partial charge on any atom is -0.480 e. The molecular weight excluding hydrogens is 384 g/mol. The molecule has 0 fully saturated rings. The molecule has 9 heteroatoms. The van der Waals surface area contributed by atoms with Gasteiger partial charge in [0.25, 0.3) is 5.69 Å². The second-order valence-electron chi connectivity index (χ2n) is 6.10. The van der Waals surface area contributed by atoms with Gasteiger partial charge in [-0.05, 0) is 28.5 Å². The molecule has 0 saturated heterocycles. The quantitative estimate of drug-likeness (QED) is 0.481. The molecule has 0 aliphatic rings. The van der Waals surface area contributed by atoms with Crippen molar-refractivity contribution in [2.75, 3.05) is 6.54 Å². The van der Waals surface area contributed by atoms with Gasteiger partial charge in [-0.2, -0.15) is 4.31 Å². The average molecular weight is 400 g/mol. The monoisotopic (exact) mass is 400 g/mol. The third kappa shape index (κ3) is 4.16. The van der Waals surface area contributed by atoms with Crippen LogP contribution in [0.15, 0.2) is 71.6 Å². The summed E-state index contributed by atoms with van der Waals surface area (Å²) in [5.74, 6) is -1.30. The number of nitro benzene ring substituents is 1. The number of nitrogens with zero attached hydrogens (tertiary/aromatic N) is 2. The highest BCUT2D eigenvalue weighted by atomic mass is 32.2. The molecule has 0 radical (unpaired) electrons. The van der Waals surface area contributed by atoms with Crippen molar-refractivity contribution in [2.45, 2.75) is 11.4 Å². The Kier molecular flexibility index (Phi) is 5.39. The lowest BCUT2D eigenvalue weighted by Crippen LogP contribution is -2.35. The van der Waals surface area contributed by atoms with Crippen LogP contribution < -0.4 is 0 Å². The van der Waals surface area contributed by atoms with Crippen molar-refractivity contribution < 1.29 is 23.2 Å². The fourth-order valence-electron chi connectivity index (χ4n) is 2.78. The fraction of sp³-hybridized carbons (Fsp3) is 0.105. The zero-order chi connectivity index (χ0) is 20.3. The normalized spacial score (nSPS) is 11.6. The van der Waals surface area contributed by atoms with E-state index < -0.39 is 27.5 Å². The maximum atomic E-state index is 13.0. The largest absolute Gasteiger partial charge is 0.480 e. The van der Waals surface area contributed by atoms with Crippen LogP contribution in [0.5, 0.6) is 0 Å². The summed E-state index contributed by atoms with van der Waals surface area (Å²) in [5, 5.41) is 21.5. The molecule has 3 aromatic carbocycles. The molecule has 0 aliphatic heterocycles. The van der Waals surface area contributed by atoms with Crippen LogP contribution in [0.1, 0.15) is 5.56 Å². The number of hydrogen-bond donors (Lipinski definition) is 1. The van der Waals surface area contributed by atoms with Crippen LogP contribution in [0.4, 0.5) is 5.69 Å². The van der Waals surface area contributed by atoms with Gasteiger partial charge >= 0.3 is 5.97 Å². The molecule has 8 nitrogen and oxygen atoms in total. The summed E-state index contributed by atoms with van der Waals surface area (Å²) in [6, 6.07) is 17.1. The summed E-state index contributed by atoms with van der Waals surface area (Å²) < 4.78 is 26.9. The maximum Gasteiger partial charge on any atom is 0.318 e. The number of aliphatic carboxylic acids is 1. The highest BCUT2D eigenvalue weighted by Gasteiger charge is 2.27. The minimum absolute atomic E-state index is 0.0191.